The van der Waals surface area contributed by atoms with Crippen molar-refractivity contribution in [1.29, 1.82) is 0 Å². The van der Waals surface area contributed by atoms with Gasteiger partial charge >= 0.3 is 6.18 Å². The molecule has 0 aromatic heterocycles. The lowest BCUT2D eigenvalue weighted by Gasteiger charge is -2.25. The van der Waals surface area contributed by atoms with E-state index >= 15 is 0 Å². The van der Waals surface area contributed by atoms with E-state index in [9.17, 15) is 13.2 Å². The number of hydrogen-bond acceptors (Lipinski definition) is 4. The summed E-state index contributed by atoms with van der Waals surface area (Å²) in [6.07, 6.45) is -3.52. The van der Waals surface area contributed by atoms with Gasteiger partial charge in [0.05, 0.1) is 27.3 Å². The molecule has 31 heavy (non-hydrogen) atoms. The normalized spacial score (nSPS) is 17.8. The number of aliphatic imine (C=N–C) groups is 1. The van der Waals surface area contributed by atoms with E-state index in [1.54, 1.807) is 14.2 Å². The van der Waals surface area contributed by atoms with Crippen LogP contribution in [0.25, 0.3) is 0 Å². The minimum atomic E-state index is -4.17. The van der Waals surface area contributed by atoms with Crippen molar-refractivity contribution in [3.05, 3.63) is 23.8 Å². The predicted molar refractivity (Wildman–Crippen MR) is 128 cm³/mol. The zero-order valence-electron chi connectivity index (χ0n) is 18.8. The molecule has 1 atom stereocenters. The summed E-state index contributed by atoms with van der Waals surface area (Å²) in [5, 5.41) is 6.47. The molecular weight excluding hydrogens is 524 g/mol. The maximum atomic E-state index is 12.6. The van der Waals surface area contributed by atoms with E-state index in [0.29, 0.717) is 50.1 Å². The van der Waals surface area contributed by atoms with Gasteiger partial charge in [0, 0.05) is 31.1 Å². The van der Waals surface area contributed by atoms with Gasteiger partial charge in [0.1, 0.15) is 0 Å². The van der Waals surface area contributed by atoms with Gasteiger partial charge in [-0.05, 0) is 31.0 Å². The molecule has 0 saturated carbocycles. The number of alkyl halides is 3. The summed E-state index contributed by atoms with van der Waals surface area (Å²) in [5.74, 6) is 1.94. The second-order valence-corrected chi connectivity index (χ2v) is 8.13. The van der Waals surface area contributed by atoms with Crippen LogP contribution in [0.5, 0.6) is 11.5 Å². The summed E-state index contributed by atoms with van der Waals surface area (Å²) in [4.78, 5) is 6.13. The average molecular weight is 558 g/mol. The van der Waals surface area contributed by atoms with Crippen molar-refractivity contribution in [3.63, 3.8) is 0 Å². The molecule has 10 heteroatoms. The van der Waals surface area contributed by atoms with Crippen LogP contribution in [0.3, 0.4) is 0 Å². The summed E-state index contributed by atoms with van der Waals surface area (Å²) < 4.78 is 48.6. The fourth-order valence-electron chi connectivity index (χ4n) is 3.49. The van der Waals surface area contributed by atoms with Crippen molar-refractivity contribution in [3.8, 4) is 11.5 Å². The first-order valence-electron chi connectivity index (χ1n) is 10.1. The van der Waals surface area contributed by atoms with Crippen LogP contribution in [0.1, 0.15) is 32.8 Å². The maximum absolute atomic E-state index is 12.6. The number of methoxy groups -OCH3 is 2. The molecule has 0 spiro atoms. The summed E-state index contributed by atoms with van der Waals surface area (Å²) in [7, 11) is 3.20. The van der Waals surface area contributed by atoms with Gasteiger partial charge in [-0.25, -0.2) is 0 Å². The molecule has 2 N–H and O–H groups in total. The van der Waals surface area contributed by atoms with Gasteiger partial charge in [0.25, 0.3) is 0 Å². The quantitative estimate of drug-likeness (QED) is 0.289. The Balaban J connectivity index is 0.00000480. The molecule has 1 fully saturated rings. The van der Waals surface area contributed by atoms with E-state index in [-0.39, 0.29) is 35.4 Å². The molecule has 1 saturated heterocycles. The van der Waals surface area contributed by atoms with Crippen molar-refractivity contribution in [2.75, 3.05) is 46.9 Å². The van der Waals surface area contributed by atoms with Crippen LogP contribution in [-0.2, 0) is 5.41 Å². The number of rotatable bonds is 8. The Morgan fingerprint density at radius 3 is 2.45 bits per heavy atom. The standard InChI is InChI=1S/C21H33F3N4O2.HI/c1-6-25-19(27-16-9-10-28(12-16)14-21(22,23)24)26-13-20(2,3)15-7-8-17(29-4)18(11-15)30-5;/h7-8,11,16H,6,9-10,12-14H2,1-5H3,(H2,25,26,27);1H. The van der Waals surface area contributed by atoms with Crippen molar-refractivity contribution in [2.24, 2.45) is 4.99 Å². The molecule has 1 heterocycles. The van der Waals surface area contributed by atoms with Crippen molar-refractivity contribution < 1.29 is 22.6 Å². The number of nitrogens with one attached hydrogen (secondary N) is 2. The lowest BCUT2D eigenvalue weighted by Crippen LogP contribution is -2.45. The summed E-state index contributed by atoms with van der Waals surface area (Å²) in [5.41, 5.74) is 0.775. The minimum Gasteiger partial charge on any atom is -0.493 e. The first kappa shape index (κ1) is 27.6. The summed E-state index contributed by atoms with van der Waals surface area (Å²) in [6.45, 7) is 7.20. The molecule has 0 radical (unpaired) electrons. The molecule has 1 aromatic rings. The fraction of sp³-hybridized carbons (Fsp3) is 0.667. The number of benzene rings is 1. The largest absolute Gasteiger partial charge is 0.493 e. The van der Waals surface area contributed by atoms with E-state index in [1.165, 1.54) is 4.90 Å². The second kappa shape index (κ2) is 12.0. The number of likely N-dealkylation sites (tertiary alicyclic amines) is 1. The Labute approximate surface area is 200 Å². The van der Waals surface area contributed by atoms with Crippen molar-refractivity contribution in [1.82, 2.24) is 15.5 Å². The maximum Gasteiger partial charge on any atom is 0.401 e. The van der Waals surface area contributed by atoms with Gasteiger partial charge < -0.3 is 20.1 Å². The first-order valence-corrected chi connectivity index (χ1v) is 10.1. The van der Waals surface area contributed by atoms with Crippen LogP contribution in [0.15, 0.2) is 23.2 Å². The van der Waals surface area contributed by atoms with Crippen molar-refractivity contribution >= 4 is 29.9 Å². The number of halogens is 4. The van der Waals surface area contributed by atoms with E-state index < -0.39 is 12.7 Å². The highest BCUT2D eigenvalue weighted by atomic mass is 127. The first-order chi connectivity index (χ1) is 14.1. The van der Waals surface area contributed by atoms with Gasteiger partial charge in [-0.3, -0.25) is 9.89 Å². The third-order valence-electron chi connectivity index (χ3n) is 5.16. The molecule has 0 bridgehead atoms. The molecule has 0 amide bonds. The highest BCUT2D eigenvalue weighted by Crippen LogP contribution is 2.33. The van der Waals surface area contributed by atoms with Gasteiger partial charge in [0.2, 0.25) is 0 Å². The van der Waals surface area contributed by atoms with Crippen molar-refractivity contribution in [2.45, 2.75) is 44.8 Å². The van der Waals surface area contributed by atoms with E-state index in [0.717, 1.165) is 5.56 Å². The SMILES string of the molecule is CCNC(=NCC(C)(C)c1ccc(OC)c(OC)c1)NC1CCN(CC(F)(F)F)C1.I. The van der Waals surface area contributed by atoms with Gasteiger partial charge in [-0.2, -0.15) is 13.2 Å². The third-order valence-corrected chi connectivity index (χ3v) is 5.16. The van der Waals surface area contributed by atoms with Gasteiger partial charge in [0.15, 0.2) is 17.5 Å². The van der Waals surface area contributed by atoms with Crippen LogP contribution < -0.4 is 20.1 Å². The smallest absolute Gasteiger partial charge is 0.401 e. The molecule has 1 unspecified atom stereocenters. The van der Waals surface area contributed by atoms with Crippen LogP contribution in [0.2, 0.25) is 0 Å². The van der Waals surface area contributed by atoms with Crippen LogP contribution in [0.4, 0.5) is 13.2 Å². The third kappa shape index (κ3) is 8.55. The van der Waals surface area contributed by atoms with Gasteiger partial charge in [-0.15, -0.1) is 24.0 Å². The van der Waals surface area contributed by atoms with E-state index in [1.807, 2.05) is 25.1 Å². The zero-order valence-corrected chi connectivity index (χ0v) is 21.1. The van der Waals surface area contributed by atoms with Crippen LogP contribution >= 0.6 is 24.0 Å². The molecule has 178 valence electrons. The number of ether oxygens (including phenoxy) is 2. The van der Waals surface area contributed by atoms with E-state index in [4.69, 9.17) is 14.5 Å². The molecule has 1 aliphatic rings. The highest BCUT2D eigenvalue weighted by Gasteiger charge is 2.34. The molecule has 6 nitrogen and oxygen atoms in total. The summed E-state index contributed by atoms with van der Waals surface area (Å²) in [6, 6.07) is 5.75. The molecule has 1 aliphatic heterocycles. The number of guanidine groups is 1. The fourth-order valence-corrected chi connectivity index (χ4v) is 3.49. The zero-order chi connectivity index (χ0) is 22.4. The monoisotopic (exact) mass is 558 g/mol. The Morgan fingerprint density at radius 2 is 1.87 bits per heavy atom. The lowest BCUT2D eigenvalue weighted by molar-refractivity contribution is -0.143. The lowest BCUT2D eigenvalue weighted by atomic mass is 9.84. The van der Waals surface area contributed by atoms with Crippen LogP contribution in [0, 0.1) is 0 Å². The topological polar surface area (TPSA) is 58.1 Å². The second-order valence-electron chi connectivity index (χ2n) is 8.13. The van der Waals surface area contributed by atoms with Crippen LogP contribution in [-0.4, -0.2) is 70.0 Å². The minimum absolute atomic E-state index is 0. The Hall–Kier alpha value is -1.43. The molecule has 2 rings (SSSR count). The number of hydrogen-bond donors (Lipinski definition) is 2. The Morgan fingerprint density at radius 1 is 1.19 bits per heavy atom. The van der Waals surface area contributed by atoms with E-state index in [2.05, 4.69) is 24.5 Å². The Bertz CT molecular complexity index is 729. The number of nitrogens with zero attached hydrogens (tertiary/aromatic N) is 2. The molecule has 1 aromatic carbocycles. The Kier molecular flexibility index (Phi) is 10.7. The highest BCUT2D eigenvalue weighted by molar-refractivity contribution is 14.0. The molecule has 0 aliphatic carbocycles. The van der Waals surface area contributed by atoms with Gasteiger partial charge in [-0.1, -0.05) is 19.9 Å². The predicted octanol–water partition coefficient (Wildman–Crippen LogP) is 3.79. The average Bonchev–Trinajstić information content (AvgIpc) is 3.10. The molecular formula is C21H34F3IN4O2. The summed E-state index contributed by atoms with van der Waals surface area (Å²) >= 11 is 0.